The van der Waals surface area contributed by atoms with E-state index in [1.165, 1.54) is 0 Å². The molecule has 58 valence electrons. The van der Waals surface area contributed by atoms with E-state index in [-0.39, 0.29) is 0 Å². The molecule has 2 N–H and O–H groups in total. The number of carbonyl (C=O) groups is 2. The summed E-state index contributed by atoms with van der Waals surface area (Å²) in [5, 5.41) is 9.81. The standard InChI is InChI=1S/C6H11NO3/c1-2-3-4-5(8)7-6(9)10/h2-4H2,1H3,(H,7,8)(H,9,10). The lowest BCUT2D eigenvalue weighted by Gasteiger charge is -1.96. The van der Waals surface area contributed by atoms with Gasteiger partial charge in [0.25, 0.3) is 0 Å². The van der Waals surface area contributed by atoms with Crippen LogP contribution in [0.15, 0.2) is 0 Å². The van der Waals surface area contributed by atoms with Gasteiger partial charge in [-0.1, -0.05) is 13.3 Å². The zero-order chi connectivity index (χ0) is 7.98. The Morgan fingerprint density at radius 3 is 2.50 bits per heavy atom. The Bertz CT molecular complexity index is 133. The number of carboxylic acid groups (broad SMARTS) is 1. The van der Waals surface area contributed by atoms with Gasteiger partial charge < -0.3 is 5.11 Å². The monoisotopic (exact) mass is 145 g/mol. The maximum atomic E-state index is 10.5. The Kier molecular flexibility index (Phi) is 4.28. The van der Waals surface area contributed by atoms with E-state index in [4.69, 9.17) is 5.11 Å². The molecule has 0 aliphatic heterocycles. The molecule has 10 heavy (non-hydrogen) atoms. The molecule has 0 spiro atoms. The van der Waals surface area contributed by atoms with Crippen LogP contribution in [-0.4, -0.2) is 17.1 Å². The highest BCUT2D eigenvalue weighted by Gasteiger charge is 2.02. The smallest absolute Gasteiger partial charge is 0.411 e. The van der Waals surface area contributed by atoms with Crippen LogP contribution in [0.2, 0.25) is 0 Å². The normalized spacial score (nSPS) is 8.90. The summed E-state index contributed by atoms with van der Waals surface area (Å²) in [7, 11) is 0. The predicted octanol–water partition coefficient (Wildman–Crippen LogP) is 0.971. The highest BCUT2D eigenvalue weighted by molar-refractivity contribution is 5.90. The van der Waals surface area contributed by atoms with Gasteiger partial charge in [0.15, 0.2) is 0 Å². The van der Waals surface area contributed by atoms with Crippen LogP contribution in [0.3, 0.4) is 0 Å². The SMILES string of the molecule is CCCCC(=O)NC(=O)O. The maximum absolute atomic E-state index is 10.5. The summed E-state index contributed by atoms with van der Waals surface area (Å²) in [6.45, 7) is 1.94. The fraction of sp³-hybridized carbons (Fsp3) is 0.667. The summed E-state index contributed by atoms with van der Waals surface area (Å²) >= 11 is 0. The molecular weight excluding hydrogens is 134 g/mol. The van der Waals surface area contributed by atoms with Crippen molar-refractivity contribution in [3.8, 4) is 0 Å². The lowest BCUT2D eigenvalue weighted by atomic mass is 10.2. The van der Waals surface area contributed by atoms with E-state index in [1.54, 1.807) is 5.32 Å². The third-order valence-electron chi connectivity index (χ3n) is 1.00. The Balaban J connectivity index is 3.35. The van der Waals surface area contributed by atoms with Gasteiger partial charge in [-0.15, -0.1) is 0 Å². The minimum absolute atomic E-state index is 0.294. The van der Waals surface area contributed by atoms with Crippen LogP contribution in [0.4, 0.5) is 4.79 Å². The number of hydrogen-bond acceptors (Lipinski definition) is 2. The first-order valence-electron chi connectivity index (χ1n) is 3.19. The van der Waals surface area contributed by atoms with Crippen molar-refractivity contribution in [3.05, 3.63) is 0 Å². The minimum Gasteiger partial charge on any atom is -0.465 e. The van der Waals surface area contributed by atoms with Crippen molar-refractivity contribution in [1.29, 1.82) is 0 Å². The number of imide groups is 1. The van der Waals surface area contributed by atoms with E-state index < -0.39 is 12.0 Å². The summed E-state index contributed by atoms with van der Waals surface area (Å²) in [6.07, 6.45) is 0.649. The Morgan fingerprint density at radius 2 is 2.10 bits per heavy atom. The Labute approximate surface area is 59.2 Å². The van der Waals surface area contributed by atoms with Gasteiger partial charge in [0.1, 0.15) is 0 Å². The van der Waals surface area contributed by atoms with Gasteiger partial charge >= 0.3 is 6.09 Å². The Hall–Kier alpha value is -1.06. The zero-order valence-corrected chi connectivity index (χ0v) is 5.89. The molecule has 4 nitrogen and oxygen atoms in total. The van der Waals surface area contributed by atoms with E-state index in [0.29, 0.717) is 6.42 Å². The fourth-order valence-electron chi connectivity index (χ4n) is 0.519. The number of hydrogen-bond donors (Lipinski definition) is 2. The maximum Gasteiger partial charge on any atom is 0.411 e. The molecule has 0 unspecified atom stereocenters. The second-order valence-electron chi connectivity index (χ2n) is 1.96. The summed E-state index contributed by atoms with van der Waals surface area (Å²) in [5.41, 5.74) is 0. The third-order valence-corrected chi connectivity index (χ3v) is 1.00. The highest BCUT2D eigenvalue weighted by Crippen LogP contribution is 1.92. The molecular formula is C6H11NO3. The van der Waals surface area contributed by atoms with Gasteiger partial charge in [0.2, 0.25) is 5.91 Å². The van der Waals surface area contributed by atoms with Crippen molar-refractivity contribution in [2.45, 2.75) is 26.2 Å². The lowest BCUT2D eigenvalue weighted by molar-refractivity contribution is -0.120. The largest absolute Gasteiger partial charge is 0.465 e. The van der Waals surface area contributed by atoms with Gasteiger partial charge in [0, 0.05) is 6.42 Å². The van der Waals surface area contributed by atoms with Gasteiger partial charge in [-0.25, -0.2) is 4.79 Å². The molecule has 0 rings (SSSR count). The van der Waals surface area contributed by atoms with Gasteiger partial charge in [-0.05, 0) is 6.42 Å². The van der Waals surface area contributed by atoms with Crippen molar-refractivity contribution >= 4 is 12.0 Å². The predicted molar refractivity (Wildman–Crippen MR) is 35.7 cm³/mol. The number of carbonyl (C=O) groups excluding carboxylic acids is 1. The second-order valence-corrected chi connectivity index (χ2v) is 1.96. The molecule has 0 aromatic heterocycles. The van der Waals surface area contributed by atoms with Gasteiger partial charge in [0.05, 0.1) is 0 Å². The van der Waals surface area contributed by atoms with Crippen LogP contribution in [0.5, 0.6) is 0 Å². The summed E-state index contributed by atoms with van der Waals surface area (Å²) in [5.74, 6) is -0.422. The van der Waals surface area contributed by atoms with Crippen LogP contribution in [0, 0.1) is 0 Å². The first-order valence-corrected chi connectivity index (χ1v) is 3.19. The molecule has 0 fully saturated rings. The van der Waals surface area contributed by atoms with Crippen LogP contribution < -0.4 is 5.32 Å². The van der Waals surface area contributed by atoms with Crippen LogP contribution in [0.1, 0.15) is 26.2 Å². The third kappa shape index (κ3) is 5.08. The topological polar surface area (TPSA) is 66.4 Å². The van der Waals surface area contributed by atoms with E-state index in [9.17, 15) is 9.59 Å². The summed E-state index contributed by atoms with van der Waals surface area (Å²) in [4.78, 5) is 20.4. The molecule has 0 heterocycles. The number of unbranched alkanes of at least 4 members (excludes halogenated alkanes) is 1. The number of amides is 2. The Morgan fingerprint density at radius 1 is 1.50 bits per heavy atom. The molecule has 0 aromatic carbocycles. The average Bonchev–Trinajstić information content (AvgIpc) is 1.82. The summed E-state index contributed by atoms with van der Waals surface area (Å²) < 4.78 is 0. The minimum atomic E-state index is -1.28. The molecule has 0 atom stereocenters. The molecule has 0 saturated carbocycles. The quantitative estimate of drug-likeness (QED) is 0.621. The van der Waals surface area contributed by atoms with E-state index in [1.807, 2.05) is 6.92 Å². The van der Waals surface area contributed by atoms with Crippen LogP contribution in [-0.2, 0) is 4.79 Å². The van der Waals surface area contributed by atoms with Crippen molar-refractivity contribution < 1.29 is 14.7 Å². The van der Waals surface area contributed by atoms with Gasteiger partial charge in [-0.2, -0.15) is 0 Å². The summed E-state index contributed by atoms with van der Waals surface area (Å²) in [6, 6.07) is 0. The van der Waals surface area contributed by atoms with Crippen molar-refractivity contribution in [2.75, 3.05) is 0 Å². The zero-order valence-electron chi connectivity index (χ0n) is 5.89. The fourth-order valence-corrected chi connectivity index (χ4v) is 0.519. The van der Waals surface area contributed by atoms with Crippen LogP contribution >= 0.6 is 0 Å². The second kappa shape index (κ2) is 4.78. The average molecular weight is 145 g/mol. The molecule has 0 saturated heterocycles. The molecule has 0 aliphatic carbocycles. The number of nitrogens with one attached hydrogen (secondary N) is 1. The van der Waals surface area contributed by atoms with Crippen molar-refractivity contribution in [1.82, 2.24) is 5.32 Å². The first-order chi connectivity index (χ1) is 4.66. The molecule has 0 bridgehead atoms. The molecule has 0 radical (unpaired) electrons. The van der Waals surface area contributed by atoms with E-state index in [2.05, 4.69) is 0 Å². The lowest BCUT2D eigenvalue weighted by Crippen LogP contribution is -2.28. The van der Waals surface area contributed by atoms with E-state index >= 15 is 0 Å². The van der Waals surface area contributed by atoms with Crippen molar-refractivity contribution in [3.63, 3.8) is 0 Å². The highest BCUT2D eigenvalue weighted by atomic mass is 16.4. The molecule has 0 aliphatic rings. The van der Waals surface area contributed by atoms with Crippen molar-refractivity contribution in [2.24, 2.45) is 0 Å². The van der Waals surface area contributed by atoms with Crippen LogP contribution in [0.25, 0.3) is 0 Å². The first kappa shape index (κ1) is 8.94. The molecule has 2 amide bonds. The molecule has 4 heteroatoms. The molecule has 0 aromatic rings. The van der Waals surface area contributed by atoms with E-state index in [0.717, 1.165) is 12.8 Å². The van der Waals surface area contributed by atoms with Gasteiger partial charge in [-0.3, -0.25) is 10.1 Å². The number of rotatable bonds is 3.